The van der Waals surface area contributed by atoms with Crippen LogP contribution in [0.3, 0.4) is 0 Å². The maximum absolute atomic E-state index is 5.60. The van der Waals surface area contributed by atoms with E-state index in [1.807, 2.05) is 0 Å². The van der Waals surface area contributed by atoms with Crippen LogP contribution in [0, 0.1) is 20.8 Å². The van der Waals surface area contributed by atoms with Crippen LogP contribution in [0.2, 0.25) is 0 Å². The fourth-order valence-corrected chi connectivity index (χ4v) is 1.46. The Balaban J connectivity index is 2.92. The molecule has 2 heteroatoms. The lowest BCUT2D eigenvalue weighted by Gasteiger charge is -2.11. The highest BCUT2D eigenvalue weighted by atomic mass is 79.9. The van der Waals surface area contributed by atoms with Gasteiger partial charge in [-0.1, -0.05) is 22.0 Å². The van der Waals surface area contributed by atoms with Crippen LogP contribution in [0.15, 0.2) is 12.1 Å². The predicted molar refractivity (Wildman–Crippen MR) is 59.9 cm³/mol. The molecule has 0 N–H and O–H groups in total. The Morgan fingerprint density at radius 3 is 2.54 bits per heavy atom. The summed E-state index contributed by atoms with van der Waals surface area (Å²) in [5.41, 5.74) is 3.80. The second-order valence-corrected chi connectivity index (χ2v) is 4.04. The molecule has 13 heavy (non-hydrogen) atoms. The average molecular weight is 243 g/mol. The molecule has 0 heterocycles. The third kappa shape index (κ3) is 2.73. The summed E-state index contributed by atoms with van der Waals surface area (Å²) in [5, 5.41) is 0.874. The molecule has 0 bridgehead atoms. The van der Waals surface area contributed by atoms with Gasteiger partial charge in [0, 0.05) is 5.33 Å². The van der Waals surface area contributed by atoms with Gasteiger partial charge in [-0.25, -0.2) is 0 Å². The Kier molecular flexibility index (Phi) is 3.79. The molecule has 0 amide bonds. The first-order valence-electron chi connectivity index (χ1n) is 4.41. The minimum atomic E-state index is 0.726. The molecule has 0 radical (unpaired) electrons. The summed E-state index contributed by atoms with van der Waals surface area (Å²) in [6.45, 7) is 7.03. The van der Waals surface area contributed by atoms with E-state index in [-0.39, 0.29) is 0 Å². The van der Waals surface area contributed by atoms with Gasteiger partial charge in [0.05, 0.1) is 6.61 Å². The fourth-order valence-electron chi connectivity index (χ4n) is 1.30. The van der Waals surface area contributed by atoms with Crippen LogP contribution in [-0.4, -0.2) is 11.9 Å². The van der Waals surface area contributed by atoms with Gasteiger partial charge >= 0.3 is 0 Å². The van der Waals surface area contributed by atoms with Gasteiger partial charge in [-0.2, -0.15) is 0 Å². The van der Waals surface area contributed by atoms with E-state index in [0.717, 1.165) is 17.7 Å². The Morgan fingerprint density at radius 1 is 1.23 bits per heavy atom. The van der Waals surface area contributed by atoms with Crippen molar-refractivity contribution < 1.29 is 4.74 Å². The molecule has 0 saturated carbocycles. The highest BCUT2D eigenvalue weighted by molar-refractivity contribution is 9.09. The van der Waals surface area contributed by atoms with Crippen LogP contribution in [0.1, 0.15) is 16.7 Å². The van der Waals surface area contributed by atoms with Crippen molar-refractivity contribution in [1.29, 1.82) is 0 Å². The minimum absolute atomic E-state index is 0.726. The third-order valence-corrected chi connectivity index (χ3v) is 2.42. The Morgan fingerprint density at radius 2 is 1.92 bits per heavy atom. The van der Waals surface area contributed by atoms with E-state index in [0.29, 0.717) is 0 Å². The molecule has 0 saturated heterocycles. The van der Waals surface area contributed by atoms with E-state index in [9.17, 15) is 0 Å². The zero-order chi connectivity index (χ0) is 9.84. The summed E-state index contributed by atoms with van der Waals surface area (Å²) in [6, 6.07) is 4.27. The third-order valence-electron chi connectivity index (χ3n) is 2.10. The monoisotopic (exact) mass is 242 g/mol. The van der Waals surface area contributed by atoms with Crippen molar-refractivity contribution in [3.05, 3.63) is 28.8 Å². The summed E-state index contributed by atoms with van der Waals surface area (Å²) in [6.07, 6.45) is 0. The standard InChI is InChI=1S/C11H15BrO/c1-8-6-9(2)10(3)11(7-8)13-5-4-12/h6-7H,4-5H2,1-3H3. The number of ether oxygens (including phenoxy) is 1. The van der Waals surface area contributed by atoms with E-state index in [4.69, 9.17) is 4.74 Å². The molecule has 1 aromatic carbocycles. The lowest BCUT2D eigenvalue weighted by molar-refractivity contribution is 0.342. The number of aryl methyl sites for hydroxylation is 2. The maximum atomic E-state index is 5.60. The van der Waals surface area contributed by atoms with Gasteiger partial charge in [0.15, 0.2) is 0 Å². The van der Waals surface area contributed by atoms with Crippen LogP contribution >= 0.6 is 15.9 Å². The predicted octanol–water partition coefficient (Wildman–Crippen LogP) is 3.39. The van der Waals surface area contributed by atoms with Crippen LogP contribution in [0.25, 0.3) is 0 Å². The molecule has 0 atom stereocenters. The Bertz CT molecular complexity index is 294. The second kappa shape index (κ2) is 4.66. The van der Waals surface area contributed by atoms with Gasteiger partial charge in [-0.05, 0) is 43.5 Å². The van der Waals surface area contributed by atoms with Gasteiger partial charge in [0.2, 0.25) is 0 Å². The molecule has 1 rings (SSSR count). The molecular weight excluding hydrogens is 228 g/mol. The molecule has 1 aromatic rings. The van der Waals surface area contributed by atoms with E-state index in [1.165, 1.54) is 16.7 Å². The fraction of sp³-hybridized carbons (Fsp3) is 0.455. The Hall–Kier alpha value is -0.500. The van der Waals surface area contributed by atoms with Crippen molar-refractivity contribution in [3.8, 4) is 5.75 Å². The van der Waals surface area contributed by atoms with Gasteiger partial charge in [0.1, 0.15) is 5.75 Å². The summed E-state index contributed by atoms with van der Waals surface area (Å²) >= 11 is 3.34. The van der Waals surface area contributed by atoms with Crippen molar-refractivity contribution in [2.45, 2.75) is 20.8 Å². The van der Waals surface area contributed by atoms with Crippen LogP contribution in [0.5, 0.6) is 5.75 Å². The zero-order valence-corrected chi connectivity index (χ0v) is 9.94. The average Bonchev–Trinajstić information content (AvgIpc) is 2.09. The summed E-state index contributed by atoms with van der Waals surface area (Å²) in [4.78, 5) is 0. The first kappa shape index (κ1) is 10.6. The lowest BCUT2D eigenvalue weighted by atomic mass is 10.1. The molecule has 0 fully saturated rings. The number of hydrogen-bond donors (Lipinski definition) is 0. The van der Waals surface area contributed by atoms with Crippen molar-refractivity contribution >= 4 is 15.9 Å². The van der Waals surface area contributed by atoms with Gasteiger partial charge in [-0.15, -0.1) is 0 Å². The number of alkyl halides is 1. The Labute approximate surface area is 88.2 Å². The summed E-state index contributed by atoms with van der Waals surface area (Å²) in [7, 11) is 0. The first-order valence-corrected chi connectivity index (χ1v) is 5.54. The van der Waals surface area contributed by atoms with Crippen LogP contribution < -0.4 is 4.74 Å². The normalized spacial score (nSPS) is 10.2. The maximum Gasteiger partial charge on any atom is 0.122 e. The van der Waals surface area contributed by atoms with E-state index < -0.39 is 0 Å². The molecule has 0 aromatic heterocycles. The topological polar surface area (TPSA) is 9.23 Å². The molecule has 1 nitrogen and oxygen atoms in total. The number of benzene rings is 1. The molecular formula is C11H15BrO. The minimum Gasteiger partial charge on any atom is -0.492 e. The van der Waals surface area contributed by atoms with Crippen molar-refractivity contribution in [1.82, 2.24) is 0 Å². The zero-order valence-electron chi connectivity index (χ0n) is 8.36. The van der Waals surface area contributed by atoms with Crippen molar-refractivity contribution in [2.75, 3.05) is 11.9 Å². The summed E-state index contributed by atoms with van der Waals surface area (Å²) < 4.78 is 5.60. The van der Waals surface area contributed by atoms with E-state index >= 15 is 0 Å². The molecule has 0 aliphatic rings. The lowest BCUT2D eigenvalue weighted by Crippen LogP contribution is -2.00. The highest BCUT2D eigenvalue weighted by Gasteiger charge is 2.02. The van der Waals surface area contributed by atoms with E-state index in [2.05, 4.69) is 48.8 Å². The summed E-state index contributed by atoms with van der Waals surface area (Å²) in [5.74, 6) is 1.01. The number of hydrogen-bond acceptors (Lipinski definition) is 1. The largest absolute Gasteiger partial charge is 0.492 e. The van der Waals surface area contributed by atoms with Gasteiger partial charge < -0.3 is 4.74 Å². The molecule has 0 aliphatic carbocycles. The highest BCUT2D eigenvalue weighted by Crippen LogP contribution is 2.23. The first-order chi connectivity index (χ1) is 6.15. The second-order valence-electron chi connectivity index (χ2n) is 3.24. The molecule has 0 spiro atoms. The van der Waals surface area contributed by atoms with Crippen LogP contribution in [0.4, 0.5) is 0 Å². The molecule has 0 unspecified atom stereocenters. The van der Waals surface area contributed by atoms with Crippen LogP contribution in [-0.2, 0) is 0 Å². The number of rotatable bonds is 3. The number of halogens is 1. The SMILES string of the molecule is Cc1cc(C)c(C)c(OCCBr)c1. The molecule has 72 valence electrons. The molecule has 0 aliphatic heterocycles. The smallest absolute Gasteiger partial charge is 0.122 e. The van der Waals surface area contributed by atoms with Crippen molar-refractivity contribution in [2.24, 2.45) is 0 Å². The van der Waals surface area contributed by atoms with E-state index in [1.54, 1.807) is 0 Å². The van der Waals surface area contributed by atoms with Gasteiger partial charge in [0.25, 0.3) is 0 Å². The quantitative estimate of drug-likeness (QED) is 0.739. The van der Waals surface area contributed by atoms with Gasteiger partial charge in [-0.3, -0.25) is 0 Å². The van der Waals surface area contributed by atoms with Crippen molar-refractivity contribution in [3.63, 3.8) is 0 Å².